The summed E-state index contributed by atoms with van der Waals surface area (Å²) < 4.78 is 0. The lowest BCUT2D eigenvalue weighted by atomic mass is 9.63. The fourth-order valence-electron chi connectivity index (χ4n) is 9.54. The van der Waals surface area contributed by atoms with Gasteiger partial charge >= 0.3 is 0 Å². The molecule has 6 aliphatic rings. The highest BCUT2D eigenvalue weighted by Gasteiger charge is 2.79. The van der Waals surface area contributed by atoms with E-state index < -0.39 is 0 Å². The molecule has 2 aliphatic heterocycles. The van der Waals surface area contributed by atoms with Gasteiger partial charge in [-0.15, -0.1) is 0 Å². The Kier molecular flexibility index (Phi) is 3.66. The van der Waals surface area contributed by atoms with E-state index in [1.807, 2.05) is 0 Å². The molecule has 0 spiro atoms. The lowest BCUT2D eigenvalue weighted by Gasteiger charge is -2.55. The number of rotatable bonds is 6. The van der Waals surface area contributed by atoms with E-state index in [0.29, 0.717) is 0 Å². The van der Waals surface area contributed by atoms with Crippen LogP contribution in [0.5, 0.6) is 0 Å². The maximum absolute atomic E-state index is 3.02. The van der Waals surface area contributed by atoms with Crippen LogP contribution in [0, 0.1) is 35.5 Å². The summed E-state index contributed by atoms with van der Waals surface area (Å²) in [6, 6.07) is 3.43. The molecule has 2 heterocycles. The van der Waals surface area contributed by atoms with Gasteiger partial charge in [0.1, 0.15) is 0 Å². The van der Waals surface area contributed by atoms with Crippen molar-refractivity contribution in [2.45, 2.75) is 77.5 Å². The average molecular weight is 359 g/mol. The first-order chi connectivity index (χ1) is 12.8. The van der Waals surface area contributed by atoms with E-state index in [0.717, 1.165) is 59.7 Å². The van der Waals surface area contributed by atoms with Crippen molar-refractivity contribution in [1.82, 2.24) is 20.0 Å². The molecule has 6 rings (SSSR count). The van der Waals surface area contributed by atoms with Gasteiger partial charge in [0, 0.05) is 50.3 Å². The molecule has 4 nitrogen and oxygen atoms in total. The molecule has 10 unspecified atom stereocenters. The lowest BCUT2D eigenvalue weighted by Crippen LogP contribution is -2.66. The fourth-order valence-corrected chi connectivity index (χ4v) is 9.54. The van der Waals surface area contributed by atoms with Gasteiger partial charge in [-0.1, -0.05) is 34.1 Å². The van der Waals surface area contributed by atoms with Gasteiger partial charge in [0.2, 0.25) is 0 Å². The largest absolute Gasteiger partial charge is 0.242 e. The first-order valence-corrected chi connectivity index (χ1v) is 11.8. The van der Waals surface area contributed by atoms with E-state index in [1.165, 1.54) is 45.4 Å². The first kappa shape index (κ1) is 16.8. The van der Waals surface area contributed by atoms with Crippen molar-refractivity contribution in [2.24, 2.45) is 35.5 Å². The topological polar surface area (TPSA) is 13.0 Å². The SMILES string of the molecule is CCN(CC)N1C2C3CCCC3C3C4C5CC(C42)C1C5N3N(CC)CC. The predicted molar refractivity (Wildman–Crippen MR) is 104 cm³/mol. The molecule has 4 aliphatic carbocycles. The van der Waals surface area contributed by atoms with Crippen LogP contribution >= 0.6 is 0 Å². The first-order valence-electron chi connectivity index (χ1n) is 11.8. The van der Waals surface area contributed by atoms with E-state index in [9.17, 15) is 0 Å². The molecule has 26 heavy (non-hydrogen) atoms. The van der Waals surface area contributed by atoms with Crippen LogP contribution in [0.4, 0.5) is 0 Å². The van der Waals surface area contributed by atoms with Crippen LogP contribution in [-0.2, 0) is 0 Å². The summed E-state index contributed by atoms with van der Waals surface area (Å²) in [5.74, 6) is 6.00. The molecule has 0 amide bonds. The Morgan fingerprint density at radius 3 is 1.42 bits per heavy atom. The Morgan fingerprint density at radius 2 is 1.04 bits per heavy atom. The zero-order chi connectivity index (χ0) is 17.7. The van der Waals surface area contributed by atoms with Crippen LogP contribution in [0.1, 0.15) is 53.4 Å². The van der Waals surface area contributed by atoms with E-state index in [1.54, 1.807) is 6.42 Å². The minimum Gasteiger partial charge on any atom is -0.242 e. The highest BCUT2D eigenvalue weighted by molar-refractivity contribution is 5.29. The average Bonchev–Trinajstić information content (AvgIpc) is 3.39. The van der Waals surface area contributed by atoms with Crippen molar-refractivity contribution >= 4 is 0 Å². The molecule has 6 fully saturated rings. The van der Waals surface area contributed by atoms with Crippen molar-refractivity contribution in [2.75, 3.05) is 26.2 Å². The van der Waals surface area contributed by atoms with Crippen molar-refractivity contribution in [3.05, 3.63) is 0 Å². The third kappa shape index (κ3) is 1.69. The molecule has 4 heteroatoms. The third-order valence-corrected chi connectivity index (χ3v) is 9.83. The standard InChI is InChI=1S/C22H38N4/c1-5-23(6-2)25-19-13-10-9-11-14(13)20-18-16-12-15(17(18)19)21(25)22(16)26(20)24(7-3)8-4/h13-22H,5-12H2,1-4H3. The van der Waals surface area contributed by atoms with Gasteiger partial charge in [0.15, 0.2) is 0 Å². The summed E-state index contributed by atoms with van der Waals surface area (Å²) in [5.41, 5.74) is 0. The molecule has 2 bridgehead atoms. The van der Waals surface area contributed by atoms with Gasteiger partial charge in [-0.05, 0) is 54.8 Å². The number of hydrogen-bond donors (Lipinski definition) is 0. The van der Waals surface area contributed by atoms with Gasteiger partial charge in [-0.2, -0.15) is 0 Å². The molecule has 0 aromatic carbocycles. The highest BCUT2D eigenvalue weighted by Crippen LogP contribution is 2.73. The predicted octanol–water partition coefficient (Wildman–Crippen LogP) is 2.92. The molecular formula is C22H38N4. The quantitative estimate of drug-likeness (QED) is 0.724. The monoisotopic (exact) mass is 358 g/mol. The van der Waals surface area contributed by atoms with Crippen LogP contribution in [0.2, 0.25) is 0 Å². The second kappa shape index (κ2) is 5.68. The van der Waals surface area contributed by atoms with Crippen LogP contribution in [-0.4, -0.2) is 70.4 Å². The minimum absolute atomic E-state index is 0.818. The molecular weight excluding hydrogens is 320 g/mol. The zero-order valence-corrected chi connectivity index (χ0v) is 17.2. The molecule has 10 atom stereocenters. The Bertz CT molecular complexity index is 524. The minimum atomic E-state index is 0.818. The summed E-state index contributed by atoms with van der Waals surface area (Å²) in [4.78, 5) is 0. The number of fused-ring (bicyclic) bond motifs is 4. The maximum Gasteiger partial charge on any atom is 0.0453 e. The van der Waals surface area contributed by atoms with Crippen molar-refractivity contribution in [3.8, 4) is 0 Å². The Morgan fingerprint density at radius 1 is 0.615 bits per heavy atom. The molecule has 4 saturated carbocycles. The van der Waals surface area contributed by atoms with E-state index in [4.69, 9.17) is 0 Å². The fraction of sp³-hybridized carbons (Fsp3) is 1.00. The van der Waals surface area contributed by atoms with Crippen molar-refractivity contribution in [3.63, 3.8) is 0 Å². The van der Waals surface area contributed by atoms with Gasteiger partial charge in [0.25, 0.3) is 0 Å². The van der Waals surface area contributed by atoms with E-state index in [-0.39, 0.29) is 0 Å². The highest BCUT2D eigenvalue weighted by atomic mass is 15.7. The second-order valence-corrected chi connectivity index (χ2v) is 9.98. The lowest BCUT2D eigenvalue weighted by molar-refractivity contribution is -0.177. The Labute approximate surface area is 159 Å². The second-order valence-electron chi connectivity index (χ2n) is 9.98. The van der Waals surface area contributed by atoms with Gasteiger partial charge < -0.3 is 0 Å². The summed E-state index contributed by atoms with van der Waals surface area (Å²) in [6.45, 7) is 14.3. The number of hydrogen-bond acceptors (Lipinski definition) is 4. The number of nitrogens with zero attached hydrogens (tertiary/aromatic N) is 4. The summed E-state index contributed by atoms with van der Waals surface area (Å²) in [6.07, 6.45) is 6.05. The molecule has 2 saturated heterocycles. The normalized spacial score (nSPS) is 53.8. The molecule has 0 radical (unpaired) electrons. The smallest absolute Gasteiger partial charge is 0.0453 e. The molecule has 0 aromatic rings. The zero-order valence-electron chi connectivity index (χ0n) is 17.2. The summed E-state index contributed by atoms with van der Waals surface area (Å²) in [7, 11) is 0. The van der Waals surface area contributed by atoms with Crippen molar-refractivity contribution < 1.29 is 0 Å². The van der Waals surface area contributed by atoms with Crippen LogP contribution in [0.3, 0.4) is 0 Å². The molecule has 0 N–H and O–H groups in total. The molecule has 0 aromatic heterocycles. The van der Waals surface area contributed by atoms with Gasteiger partial charge in [-0.3, -0.25) is 0 Å². The van der Waals surface area contributed by atoms with Crippen molar-refractivity contribution in [1.29, 1.82) is 0 Å². The number of hydrazine groups is 2. The van der Waals surface area contributed by atoms with Crippen LogP contribution in [0.15, 0.2) is 0 Å². The van der Waals surface area contributed by atoms with E-state index >= 15 is 0 Å². The summed E-state index contributed by atoms with van der Waals surface area (Å²) >= 11 is 0. The third-order valence-electron chi connectivity index (χ3n) is 9.83. The van der Waals surface area contributed by atoms with Crippen LogP contribution < -0.4 is 0 Å². The van der Waals surface area contributed by atoms with Gasteiger partial charge in [0.05, 0.1) is 0 Å². The van der Waals surface area contributed by atoms with Gasteiger partial charge in [-0.25, -0.2) is 20.0 Å². The summed E-state index contributed by atoms with van der Waals surface area (Å²) in [5, 5.41) is 11.5. The van der Waals surface area contributed by atoms with Crippen LogP contribution in [0.25, 0.3) is 0 Å². The van der Waals surface area contributed by atoms with E-state index in [2.05, 4.69) is 47.7 Å². The Balaban J connectivity index is 1.51. The molecule has 146 valence electrons. The maximum atomic E-state index is 3.02. The Hall–Kier alpha value is -0.160.